The van der Waals surface area contributed by atoms with E-state index in [2.05, 4.69) is 5.32 Å². The number of hydrogen-bond donors (Lipinski definition) is 1. The number of benzene rings is 3. The third-order valence-corrected chi connectivity index (χ3v) is 5.48. The lowest BCUT2D eigenvalue weighted by Gasteiger charge is -2.21. The van der Waals surface area contributed by atoms with Crippen molar-refractivity contribution in [1.82, 2.24) is 10.2 Å². The Morgan fingerprint density at radius 3 is 1.97 bits per heavy atom. The lowest BCUT2D eigenvalue weighted by Crippen LogP contribution is -2.33. The van der Waals surface area contributed by atoms with Crippen LogP contribution in [-0.4, -0.2) is 36.4 Å². The molecule has 4 rings (SSSR count). The number of rotatable bonds is 7. The highest BCUT2D eigenvalue weighted by Gasteiger charge is 2.22. The lowest BCUT2D eigenvalue weighted by atomic mass is 9.98. The number of nitrogens with zero attached hydrogens (tertiary/aromatic N) is 1. The van der Waals surface area contributed by atoms with Crippen LogP contribution in [0.15, 0.2) is 84.9 Å². The molecule has 0 aromatic heterocycles. The van der Waals surface area contributed by atoms with Crippen LogP contribution in [0.25, 0.3) is 0 Å². The first-order chi connectivity index (χ1) is 15.2. The summed E-state index contributed by atoms with van der Waals surface area (Å²) < 4.78 is 5.77. The van der Waals surface area contributed by atoms with E-state index in [-0.39, 0.29) is 24.5 Å². The van der Waals surface area contributed by atoms with Gasteiger partial charge >= 0.3 is 0 Å². The molecular weight excluding hydrogens is 388 g/mol. The Balaban J connectivity index is 1.52. The summed E-state index contributed by atoms with van der Waals surface area (Å²) in [6, 6.07) is 26.5. The second kappa shape index (κ2) is 9.94. The molecule has 3 aromatic rings. The van der Waals surface area contributed by atoms with Gasteiger partial charge in [0, 0.05) is 13.1 Å². The Kier molecular flexibility index (Phi) is 6.62. The Bertz CT molecular complexity index is 976. The second-order valence-electron chi connectivity index (χ2n) is 7.60. The van der Waals surface area contributed by atoms with Gasteiger partial charge < -0.3 is 15.0 Å². The molecule has 1 fully saturated rings. The third kappa shape index (κ3) is 5.12. The Hall–Kier alpha value is -3.60. The Morgan fingerprint density at radius 2 is 1.35 bits per heavy atom. The maximum Gasteiger partial charge on any atom is 0.260 e. The number of ether oxygens (including phenoxy) is 1. The van der Waals surface area contributed by atoms with Crippen molar-refractivity contribution in [3.05, 3.63) is 102 Å². The van der Waals surface area contributed by atoms with Crippen LogP contribution >= 0.6 is 0 Å². The quantitative estimate of drug-likeness (QED) is 0.630. The molecule has 158 valence electrons. The number of amides is 2. The van der Waals surface area contributed by atoms with Gasteiger partial charge in [-0.3, -0.25) is 9.59 Å². The van der Waals surface area contributed by atoms with Crippen LogP contribution in [-0.2, 0) is 4.79 Å². The fourth-order valence-corrected chi connectivity index (χ4v) is 3.84. The summed E-state index contributed by atoms with van der Waals surface area (Å²) in [7, 11) is 0. The first kappa shape index (κ1) is 20.7. The van der Waals surface area contributed by atoms with Crippen LogP contribution in [0.4, 0.5) is 0 Å². The maximum atomic E-state index is 13.2. The number of hydrogen-bond acceptors (Lipinski definition) is 3. The van der Waals surface area contributed by atoms with Crippen molar-refractivity contribution in [3.8, 4) is 5.75 Å². The maximum absolute atomic E-state index is 13.2. The molecule has 0 spiro atoms. The van der Waals surface area contributed by atoms with Gasteiger partial charge in [0.1, 0.15) is 5.75 Å². The van der Waals surface area contributed by atoms with Gasteiger partial charge in [-0.15, -0.1) is 0 Å². The molecule has 1 saturated heterocycles. The Labute approximate surface area is 182 Å². The van der Waals surface area contributed by atoms with Crippen LogP contribution < -0.4 is 10.1 Å². The van der Waals surface area contributed by atoms with Crippen molar-refractivity contribution in [2.24, 2.45) is 0 Å². The monoisotopic (exact) mass is 414 g/mol. The molecule has 1 aliphatic heterocycles. The first-order valence-corrected chi connectivity index (χ1v) is 10.6. The molecule has 0 radical (unpaired) electrons. The molecular formula is C26H26N2O3. The van der Waals surface area contributed by atoms with E-state index in [9.17, 15) is 9.59 Å². The van der Waals surface area contributed by atoms with Gasteiger partial charge in [0.05, 0.1) is 11.6 Å². The molecule has 31 heavy (non-hydrogen) atoms. The highest BCUT2D eigenvalue weighted by molar-refractivity contribution is 5.97. The van der Waals surface area contributed by atoms with Crippen LogP contribution in [0.2, 0.25) is 0 Å². The molecule has 1 N–H and O–H groups in total. The molecule has 5 heteroatoms. The van der Waals surface area contributed by atoms with Crippen molar-refractivity contribution in [1.29, 1.82) is 0 Å². The zero-order chi connectivity index (χ0) is 21.5. The van der Waals surface area contributed by atoms with E-state index in [0.29, 0.717) is 11.3 Å². The van der Waals surface area contributed by atoms with E-state index < -0.39 is 0 Å². The highest BCUT2D eigenvalue weighted by Crippen LogP contribution is 2.24. The standard InChI is InChI=1S/C26H26N2O3/c29-24(28-17-9-10-18-28)19-31-23-16-8-7-15-22(23)26(30)27-25(20-11-3-1-4-12-20)21-13-5-2-6-14-21/h1-8,11-16,25H,9-10,17-19H2,(H,27,30). The van der Waals surface area contributed by atoms with Gasteiger partial charge in [0.15, 0.2) is 6.61 Å². The number of carbonyl (C=O) groups excluding carboxylic acids is 2. The molecule has 0 atom stereocenters. The van der Waals surface area contributed by atoms with Crippen LogP contribution in [0.3, 0.4) is 0 Å². The van der Waals surface area contributed by atoms with Gasteiger partial charge in [-0.1, -0.05) is 72.8 Å². The summed E-state index contributed by atoms with van der Waals surface area (Å²) in [6.45, 7) is 1.49. The summed E-state index contributed by atoms with van der Waals surface area (Å²) in [6.07, 6.45) is 2.07. The number of likely N-dealkylation sites (tertiary alicyclic amines) is 1. The van der Waals surface area contributed by atoms with Crippen LogP contribution in [0.5, 0.6) is 5.75 Å². The van der Waals surface area contributed by atoms with Crippen molar-refractivity contribution in [2.75, 3.05) is 19.7 Å². The Morgan fingerprint density at radius 1 is 0.806 bits per heavy atom. The fourth-order valence-electron chi connectivity index (χ4n) is 3.84. The summed E-state index contributed by atoms with van der Waals surface area (Å²) in [5.41, 5.74) is 2.39. The van der Waals surface area contributed by atoms with Crippen molar-refractivity contribution < 1.29 is 14.3 Å². The van der Waals surface area contributed by atoms with Crippen LogP contribution in [0.1, 0.15) is 40.4 Å². The smallest absolute Gasteiger partial charge is 0.260 e. The summed E-state index contributed by atoms with van der Waals surface area (Å²) in [5, 5.41) is 3.13. The molecule has 0 bridgehead atoms. The van der Waals surface area contributed by atoms with Gasteiger partial charge in [0.25, 0.3) is 11.8 Å². The summed E-state index contributed by atoms with van der Waals surface area (Å²) >= 11 is 0. The number of para-hydroxylation sites is 1. The average molecular weight is 415 g/mol. The minimum atomic E-state index is -0.297. The third-order valence-electron chi connectivity index (χ3n) is 5.48. The lowest BCUT2D eigenvalue weighted by molar-refractivity contribution is -0.132. The minimum absolute atomic E-state index is 0.0424. The van der Waals surface area contributed by atoms with E-state index in [4.69, 9.17) is 4.74 Å². The van der Waals surface area contributed by atoms with Gasteiger partial charge in [0.2, 0.25) is 0 Å². The minimum Gasteiger partial charge on any atom is -0.483 e. The van der Waals surface area contributed by atoms with E-state index in [0.717, 1.165) is 37.1 Å². The zero-order valence-corrected chi connectivity index (χ0v) is 17.4. The van der Waals surface area contributed by atoms with Gasteiger partial charge in [-0.25, -0.2) is 0 Å². The molecule has 5 nitrogen and oxygen atoms in total. The first-order valence-electron chi connectivity index (χ1n) is 10.6. The molecule has 2 amide bonds. The van der Waals surface area contributed by atoms with Crippen molar-refractivity contribution >= 4 is 11.8 Å². The number of carbonyl (C=O) groups is 2. The highest BCUT2D eigenvalue weighted by atomic mass is 16.5. The van der Waals surface area contributed by atoms with E-state index >= 15 is 0 Å². The zero-order valence-electron chi connectivity index (χ0n) is 17.4. The van der Waals surface area contributed by atoms with E-state index in [1.165, 1.54) is 0 Å². The summed E-state index contributed by atoms with van der Waals surface area (Å²) in [5.74, 6) is 0.119. The molecule has 0 unspecified atom stereocenters. The van der Waals surface area contributed by atoms with Gasteiger partial charge in [-0.2, -0.15) is 0 Å². The topological polar surface area (TPSA) is 58.6 Å². The average Bonchev–Trinajstić information content (AvgIpc) is 3.37. The fraction of sp³-hybridized carbons (Fsp3) is 0.231. The predicted octanol–water partition coefficient (Wildman–Crippen LogP) is 4.21. The normalized spacial score (nSPS) is 13.3. The second-order valence-corrected chi connectivity index (χ2v) is 7.60. The molecule has 3 aromatic carbocycles. The van der Waals surface area contributed by atoms with E-state index in [1.54, 1.807) is 24.3 Å². The van der Waals surface area contributed by atoms with E-state index in [1.807, 2.05) is 65.6 Å². The van der Waals surface area contributed by atoms with Gasteiger partial charge in [-0.05, 0) is 36.1 Å². The SMILES string of the molecule is O=C(NC(c1ccccc1)c1ccccc1)c1ccccc1OCC(=O)N1CCCC1. The largest absolute Gasteiger partial charge is 0.483 e. The van der Waals surface area contributed by atoms with Crippen LogP contribution in [0, 0.1) is 0 Å². The number of nitrogens with one attached hydrogen (secondary N) is 1. The summed E-state index contributed by atoms with van der Waals surface area (Å²) in [4.78, 5) is 27.4. The van der Waals surface area contributed by atoms with Crippen molar-refractivity contribution in [3.63, 3.8) is 0 Å². The molecule has 0 aliphatic carbocycles. The predicted molar refractivity (Wildman–Crippen MR) is 120 cm³/mol. The molecule has 1 heterocycles. The van der Waals surface area contributed by atoms with Crippen molar-refractivity contribution in [2.45, 2.75) is 18.9 Å². The molecule has 1 aliphatic rings. The molecule has 0 saturated carbocycles.